The second kappa shape index (κ2) is 6.22. The number of benzene rings is 2. The average molecular weight is 294 g/mol. The summed E-state index contributed by atoms with van der Waals surface area (Å²) in [6.07, 6.45) is 3.23. The molecule has 2 N–H and O–H groups in total. The van der Waals surface area contributed by atoms with E-state index in [1.807, 2.05) is 23.1 Å². The first kappa shape index (κ1) is 14.6. The number of hydrogen-bond donors (Lipinski definition) is 1. The molecule has 0 bridgehead atoms. The predicted molar refractivity (Wildman–Crippen MR) is 89.6 cm³/mol. The van der Waals surface area contributed by atoms with Crippen molar-refractivity contribution in [2.45, 2.75) is 38.8 Å². The van der Waals surface area contributed by atoms with Gasteiger partial charge in [0, 0.05) is 23.8 Å². The van der Waals surface area contributed by atoms with Crippen LogP contribution in [0.2, 0.25) is 0 Å². The van der Waals surface area contributed by atoms with Gasteiger partial charge in [0.05, 0.1) is 0 Å². The highest BCUT2D eigenvalue weighted by atomic mass is 16.2. The van der Waals surface area contributed by atoms with Gasteiger partial charge in [-0.1, -0.05) is 37.3 Å². The maximum atomic E-state index is 12.8. The molecule has 1 saturated carbocycles. The molecule has 1 aliphatic carbocycles. The minimum Gasteiger partial charge on any atom is -0.399 e. The number of nitrogens with two attached hydrogens (primary N) is 1. The molecule has 0 spiro atoms. The van der Waals surface area contributed by atoms with Gasteiger partial charge in [0.15, 0.2) is 0 Å². The zero-order chi connectivity index (χ0) is 15.5. The van der Waals surface area contributed by atoms with E-state index in [4.69, 9.17) is 5.73 Å². The number of nitrogens with zero attached hydrogens (tertiary/aromatic N) is 1. The molecule has 2 aromatic carbocycles. The molecular weight excluding hydrogens is 272 g/mol. The summed E-state index contributed by atoms with van der Waals surface area (Å²) in [4.78, 5) is 14.8. The Morgan fingerprint density at radius 1 is 1.14 bits per heavy atom. The van der Waals surface area contributed by atoms with Crippen LogP contribution in [0.3, 0.4) is 0 Å². The van der Waals surface area contributed by atoms with E-state index < -0.39 is 0 Å². The van der Waals surface area contributed by atoms with Gasteiger partial charge in [-0.25, -0.2) is 0 Å². The van der Waals surface area contributed by atoms with Gasteiger partial charge >= 0.3 is 0 Å². The summed E-state index contributed by atoms with van der Waals surface area (Å²) in [6.45, 7) is 2.82. The van der Waals surface area contributed by atoms with Crippen molar-refractivity contribution in [1.82, 2.24) is 4.90 Å². The van der Waals surface area contributed by atoms with Gasteiger partial charge in [0.2, 0.25) is 0 Å². The van der Waals surface area contributed by atoms with Crippen molar-refractivity contribution >= 4 is 11.6 Å². The van der Waals surface area contributed by atoms with Crippen molar-refractivity contribution in [1.29, 1.82) is 0 Å². The van der Waals surface area contributed by atoms with Crippen LogP contribution in [0.5, 0.6) is 0 Å². The highest BCUT2D eigenvalue weighted by molar-refractivity contribution is 5.95. The molecule has 1 aliphatic rings. The topological polar surface area (TPSA) is 46.3 Å². The Kier molecular flexibility index (Phi) is 4.14. The number of rotatable bonds is 5. The van der Waals surface area contributed by atoms with Gasteiger partial charge in [0.1, 0.15) is 0 Å². The maximum Gasteiger partial charge on any atom is 0.254 e. The van der Waals surface area contributed by atoms with Gasteiger partial charge in [-0.2, -0.15) is 0 Å². The van der Waals surface area contributed by atoms with E-state index in [1.54, 1.807) is 6.07 Å². The van der Waals surface area contributed by atoms with Crippen LogP contribution in [0.25, 0.3) is 0 Å². The number of nitrogen functional groups attached to an aromatic ring is 1. The summed E-state index contributed by atoms with van der Waals surface area (Å²) in [6, 6.07) is 16.2. The summed E-state index contributed by atoms with van der Waals surface area (Å²) in [5.41, 5.74) is 9.62. The van der Waals surface area contributed by atoms with Crippen LogP contribution in [0, 0.1) is 0 Å². The lowest BCUT2D eigenvalue weighted by Crippen LogP contribution is -2.32. The molecule has 3 heteroatoms. The van der Waals surface area contributed by atoms with E-state index in [-0.39, 0.29) is 5.91 Å². The molecular formula is C19H22N2O. The highest BCUT2D eigenvalue weighted by Gasteiger charge is 2.33. The Bertz CT molecular complexity index is 659. The summed E-state index contributed by atoms with van der Waals surface area (Å²) in [7, 11) is 0. The number of anilines is 1. The SMILES string of the molecule is CCc1ccc(CN(C(=O)c2cccc(N)c2)C2CC2)cc1. The second-order valence-electron chi connectivity index (χ2n) is 5.96. The van der Waals surface area contributed by atoms with Crippen LogP contribution in [-0.4, -0.2) is 16.8 Å². The van der Waals surface area contributed by atoms with Crippen LogP contribution in [0.4, 0.5) is 5.69 Å². The maximum absolute atomic E-state index is 12.8. The third-order valence-electron chi connectivity index (χ3n) is 4.17. The van der Waals surface area contributed by atoms with Crippen molar-refractivity contribution in [3.63, 3.8) is 0 Å². The summed E-state index contributed by atoms with van der Waals surface area (Å²) in [5.74, 6) is 0.0781. The fraction of sp³-hybridized carbons (Fsp3) is 0.316. The molecule has 0 aliphatic heterocycles. The quantitative estimate of drug-likeness (QED) is 0.856. The third kappa shape index (κ3) is 3.30. The molecule has 0 unspecified atom stereocenters. The third-order valence-corrected chi connectivity index (χ3v) is 4.17. The van der Waals surface area contributed by atoms with Crippen LogP contribution < -0.4 is 5.73 Å². The minimum absolute atomic E-state index is 0.0781. The van der Waals surface area contributed by atoms with Crippen LogP contribution in [0.1, 0.15) is 41.3 Å². The largest absolute Gasteiger partial charge is 0.399 e. The number of carbonyl (C=O) groups excluding carboxylic acids is 1. The molecule has 114 valence electrons. The van der Waals surface area contributed by atoms with Gasteiger partial charge < -0.3 is 10.6 Å². The van der Waals surface area contributed by atoms with Gasteiger partial charge in [-0.05, 0) is 48.6 Å². The van der Waals surface area contributed by atoms with E-state index >= 15 is 0 Å². The Morgan fingerprint density at radius 3 is 2.41 bits per heavy atom. The first-order valence-electron chi connectivity index (χ1n) is 7.91. The Hall–Kier alpha value is -2.29. The lowest BCUT2D eigenvalue weighted by atomic mass is 10.1. The van der Waals surface area contributed by atoms with E-state index in [0.717, 1.165) is 19.3 Å². The van der Waals surface area contributed by atoms with Crippen LogP contribution in [-0.2, 0) is 13.0 Å². The predicted octanol–water partition coefficient (Wildman–Crippen LogP) is 3.64. The number of hydrogen-bond acceptors (Lipinski definition) is 2. The summed E-state index contributed by atoms with van der Waals surface area (Å²) < 4.78 is 0. The van der Waals surface area contributed by atoms with Crippen LogP contribution >= 0.6 is 0 Å². The van der Waals surface area contributed by atoms with Crippen molar-refractivity contribution in [2.75, 3.05) is 5.73 Å². The smallest absolute Gasteiger partial charge is 0.254 e. The Labute approximate surface area is 131 Å². The van der Waals surface area contributed by atoms with E-state index in [0.29, 0.717) is 23.8 Å². The molecule has 3 nitrogen and oxygen atoms in total. The molecule has 1 fully saturated rings. The van der Waals surface area contributed by atoms with Gasteiger partial charge in [-0.15, -0.1) is 0 Å². The van der Waals surface area contributed by atoms with Gasteiger partial charge in [0.25, 0.3) is 5.91 Å². The monoisotopic (exact) mass is 294 g/mol. The first-order valence-corrected chi connectivity index (χ1v) is 7.91. The van der Waals surface area contributed by atoms with E-state index in [2.05, 4.69) is 31.2 Å². The Morgan fingerprint density at radius 2 is 1.82 bits per heavy atom. The van der Waals surface area contributed by atoms with Gasteiger partial charge in [-0.3, -0.25) is 4.79 Å². The van der Waals surface area contributed by atoms with Crippen molar-refractivity contribution in [3.05, 3.63) is 65.2 Å². The van der Waals surface area contributed by atoms with Crippen molar-refractivity contribution in [2.24, 2.45) is 0 Å². The standard InChI is InChI=1S/C19H22N2O/c1-2-14-6-8-15(9-7-14)13-21(18-10-11-18)19(22)16-4-3-5-17(20)12-16/h3-9,12,18H,2,10-11,13,20H2,1H3. The molecule has 2 aromatic rings. The molecule has 1 amide bonds. The molecule has 3 rings (SSSR count). The molecule has 0 radical (unpaired) electrons. The lowest BCUT2D eigenvalue weighted by Gasteiger charge is -2.23. The zero-order valence-electron chi connectivity index (χ0n) is 13.0. The fourth-order valence-corrected chi connectivity index (χ4v) is 2.67. The summed E-state index contributed by atoms with van der Waals surface area (Å²) in [5, 5.41) is 0. The van der Waals surface area contributed by atoms with Crippen LogP contribution in [0.15, 0.2) is 48.5 Å². The summed E-state index contributed by atoms with van der Waals surface area (Å²) >= 11 is 0. The normalized spacial score (nSPS) is 13.9. The highest BCUT2D eigenvalue weighted by Crippen LogP contribution is 2.30. The molecule has 22 heavy (non-hydrogen) atoms. The number of aryl methyl sites for hydroxylation is 1. The minimum atomic E-state index is 0.0781. The van der Waals surface area contributed by atoms with Crippen molar-refractivity contribution in [3.8, 4) is 0 Å². The number of carbonyl (C=O) groups is 1. The number of amides is 1. The average Bonchev–Trinajstić information content (AvgIpc) is 3.37. The molecule has 0 atom stereocenters. The molecule has 0 saturated heterocycles. The second-order valence-corrected chi connectivity index (χ2v) is 5.96. The van der Waals surface area contributed by atoms with E-state index in [1.165, 1.54) is 11.1 Å². The first-order chi connectivity index (χ1) is 10.7. The lowest BCUT2D eigenvalue weighted by molar-refractivity contribution is 0.0730. The zero-order valence-corrected chi connectivity index (χ0v) is 13.0. The van der Waals surface area contributed by atoms with E-state index in [9.17, 15) is 4.79 Å². The fourth-order valence-electron chi connectivity index (χ4n) is 2.67. The molecule has 0 aromatic heterocycles. The van der Waals surface area contributed by atoms with Crippen molar-refractivity contribution < 1.29 is 4.79 Å². The molecule has 0 heterocycles. The Balaban J connectivity index is 1.79.